The molecule has 0 radical (unpaired) electrons. The highest BCUT2D eigenvalue weighted by atomic mass is 32.1. The summed E-state index contributed by atoms with van der Waals surface area (Å²) in [6.45, 7) is 8.97. The fourth-order valence-corrected chi connectivity index (χ4v) is 4.08. The number of thiazole rings is 1. The molecule has 0 bridgehead atoms. The summed E-state index contributed by atoms with van der Waals surface area (Å²) >= 11 is 1.76. The third-order valence-corrected chi connectivity index (χ3v) is 5.48. The van der Waals surface area contributed by atoms with Gasteiger partial charge < -0.3 is 4.90 Å². The average Bonchev–Trinajstić information content (AvgIpc) is 2.94. The minimum Gasteiger partial charge on any atom is -0.337 e. The smallest absolute Gasteiger partial charge is 0.239 e. The van der Waals surface area contributed by atoms with Crippen LogP contribution in [-0.2, 0) is 11.3 Å². The molecular weight excluding hydrogens is 258 g/mol. The molecule has 19 heavy (non-hydrogen) atoms. The van der Waals surface area contributed by atoms with Crippen molar-refractivity contribution >= 4 is 17.2 Å². The predicted octanol–water partition coefficient (Wildman–Crippen LogP) is 1.96. The molecule has 1 amide bonds. The Morgan fingerprint density at radius 2 is 2.21 bits per heavy atom. The molecule has 2 atom stereocenters. The SMILES string of the molecule is Cc1nc(CN2C[C@H]3CCCN3C(=O)[C@@H]2C)sc1C. The van der Waals surface area contributed by atoms with Gasteiger partial charge in [-0.15, -0.1) is 11.3 Å². The first-order chi connectivity index (χ1) is 9.06. The molecule has 0 N–H and O–H groups in total. The topological polar surface area (TPSA) is 36.4 Å². The van der Waals surface area contributed by atoms with Crippen LogP contribution in [0.1, 0.15) is 35.3 Å². The molecule has 0 spiro atoms. The van der Waals surface area contributed by atoms with Gasteiger partial charge in [-0.1, -0.05) is 0 Å². The van der Waals surface area contributed by atoms with Crippen LogP contribution in [0.3, 0.4) is 0 Å². The lowest BCUT2D eigenvalue weighted by atomic mass is 10.1. The normalized spacial score (nSPS) is 27.9. The van der Waals surface area contributed by atoms with Crippen LogP contribution < -0.4 is 0 Å². The Balaban J connectivity index is 1.75. The van der Waals surface area contributed by atoms with E-state index in [1.54, 1.807) is 11.3 Å². The summed E-state index contributed by atoms with van der Waals surface area (Å²) in [5, 5.41) is 1.14. The number of fused-ring (bicyclic) bond motifs is 1. The lowest BCUT2D eigenvalue weighted by Gasteiger charge is -2.41. The summed E-state index contributed by atoms with van der Waals surface area (Å²) in [5.41, 5.74) is 1.12. The van der Waals surface area contributed by atoms with Crippen molar-refractivity contribution < 1.29 is 4.79 Å². The van der Waals surface area contributed by atoms with Crippen LogP contribution in [-0.4, -0.2) is 45.9 Å². The summed E-state index contributed by atoms with van der Waals surface area (Å²) in [6, 6.07) is 0.435. The van der Waals surface area contributed by atoms with E-state index in [1.807, 2.05) is 6.92 Å². The van der Waals surface area contributed by atoms with Gasteiger partial charge in [-0.25, -0.2) is 4.98 Å². The highest BCUT2D eigenvalue weighted by Crippen LogP contribution is 2.27. The fourth-order valence-electron chi connectivity index (χ4n) is 3.12. The molecular formula is C14H21N3OS. The molecule has 3 heterocycles. The molecule has 2 fully saturated rings. The second-order valence-electron chi connectivity index (χ2n) is 5.68. The number of rotatable bonds is 2. The largest absolute Gasteiger partial charge is 0.337 e. The molecule has 1 aromatic rings. The zero-order chi connectivity index (χ0) is 13.6. The monoisotopic (exact) mass is 279 g/mol. The predicted molar refractivity (Wildman–Crippen MR) is 76.2 cm³/mol. The number of carbonyl (C=O) groups excluding carboxylic acids is 1. The Kier molecular flexibility index (Phi) is 3.35. The van der Waals surface area contributed by atoms with Gasteiger partial charge in [0.15, 0.2) is 0 Å². The van der Waals surface area contributed by atoms with E-state index in [1.165, 1.54) is 4.88 Å². The Morgan fingerprint density at radius 1 is 1.42 bits per heavy atom. The van der Waals surface area contributed by atoms with Crippen molar-refractivity contribution in [3.8, 4) is 0 Å². The number of nitrogens with zero attached hydrogens (tertiary/aromatic N) is 3. The van der Waals surface area contributed by atoms with Crippen molar-refractivity contribution in [3.63, 3.8) is 0 Å². The third-order valence-electron chi connectivity index (χ3n) is 4.42. The van der Waals surface area contributed by atoms with Gasteiger partial charge in [-0.05, 0) is 33.6 Å². The van der Waals surface area contributed by atoms with E-state index >= 15 is 0 Å². The van der Waals surface area contributed by atoms with Crippen LogP contribution >= 0.6 is 11.3 Å². The van der Waals surface area contributed by atoms with Gasteiger partial charge in [-0.3, -0.25) is 9.69 Å². The molecule has 4 nitrogen and oxygen atoms in total. The van der Waals surface area contributed by atoms with E-state index in [0.29, 0.717) is 11.9 Å². The maximum atomic E-state index is 12.3. The van der Waals surface area contributed by atoms with E-state index in [-0.39, 0.29) is 6.04 Å². The third kappa shape index (κ3) is 2.30. The highest BCUT2D eigenvalue weighted by Gasteiger charge is 2.40. The maximum Gasteiger partial charge on any atom is 0.239 e. The van der Waals surface area contributed by atoms with E-state index in [2.05, 4.69) is 28.6 Å². The first-order valence-electron chi connectivity index (χ1n) is 7.03. The number of amides is 1. The molecule has 0 unspecified atom stereocenters. The first kappa shape index (κ1) is 13.1. The summed E-state index contributed by atoms with van der Waals surface area (Å²) in [4.78, 5) is 22.6. The maximum absolute atomic E-state index is 12.3. The van der Waals surface area contributed by atoms with Gasteiger partial charge in [0.1, 0.15) is 5.01 Å². The Labute approximate surface area is 118 Å². The number of aryl methyl sites for hydroxylation is 2. The highest BCUT2D eigenvalue weighted by molar-refractivity contribution is 7.11. The van der Waals surface area contributed by atoms with Crippen LogP contribution in [0.5, 0.6) is 0 Å². The van der Waals surface area contributed by atoms with Crippen LogP contribution in [0.4, 0.5) is 0 Å². The van der Waals surface area contributed by atoms with E-state index in [0.717, 1.165) is 43.2 Å². The van der Waals surface area contributed by atoms with Crippen LogP contribution in [0, 0.1) is 13.8 Å². The van der Waals surface area contributed by atoms with Crippen molar-refractivity contribution in [1.29, 1.82) is 0 Å². The summed E-state index contributed by atoms with van der Waals surface area (Å²) in [5.74, 6) is 0.304. The standard InChI is InChI=1S/C14H21N3OS/c1-9-11(3)19-13(15-9)8-16-7-12-5-4-6-17(12)14(18)10(16)2/h10,12H,4-8H2,1-3H3/t10-,12+/m0/s1. The lowest BCUT2D eigenvalue weighted by molar-refractivity contribution is -0.143. The zero-order valence-corrected chi connectivity index (χ0v) is 12.7. The van der Waals surface area contributed by atoms with Crippen molar-refractivity contribution in [2.24, 2.45) is 0 Å². The summed E-state index contributed by atoms with van der Waals surface area (Å²) in [7, 11) is 0. The molecule has 0 saturated carbocycles. The van der Waals surface area contributed by atoms with Crippen LogP contribution in [0.25, 0.3) is 0 Å². The molecule has 0 aromatic carbocycles. The second kappa shape index (κ2) is 4.87. The van der Waals surface area contributed by atoms with Gasteiger partial charge in [-0.2, -0.15) is 0 Å². The number of hydrogen-bond donors (Lipinski definition) is 0. The van der Waals surface area contributed by atoms with Gasteiger partial charge >= 0.3 is 0 Å². The van der Waals surface area contributed by atoms with Crippen molar-refractivity contribution in [1.82, 2.24) is 14.8 Å². The van der Waals surface area contributed by atoms with Gasteiger partial charge in [0.25, 0.3) is 0 Å². The molecule has 1 aromatic heterocycles. The molecule has 104 valence electrons. The zero-order valence-electron chi connectivity index (χ0n) is 11.8. The molecule has 2 aliphatic heterocycles. The Bertz CT molecular complexity index is 479. The van der Waals surface area contributed by atoms with Gasteiger partial charge in [0, 0.05) is 24.0 Å². The molecule has 2 aliphatic rings. The first-order valence-corrected chi connectivity index (χ1v) is 7.85. The summed E-state index contributed by atoms with van der Waals surface area (Å²) < 4.78 is 0. The minimum absolute atomic E-state index is 0.00105. The van der Waals surface area contributed by atoms with E-state index < -0.39 is 0 Å². The van der Waals surface area contributed by atoms with Crippen molar-refractivity contribution in [2.75, 3.05) is 13.1 Å². The minimum atomic E-state index is -0.00105. The number of piperazine rings is 1. The molecule has 2 saturated heterocycles. The second-order valence-corrected chi connectivity index (χ2v) is 6.97. The van der Waals surface area contributed by atoms with Crippen LogP contribution in [0.15, 0.2) is 0 Å². The Hall–Kier alpha value is -0.940. The number of carbonyl (C=O) groups is 1. The van der Waals surface area contributed by atoms with E-state index in [9.17, 15) is 4.79 Å². The summed E-state index contributed by atoms with van der Waals surface area (Å²) in [6.07, 6.45) is 2.32. The van der Waals surface area contributed by atoms with Gasteiger partial charge in [0.2, 0.25) is 5.91 Å². The average molecular weight is 279 g/mol. The van der Waals surface area contributed by atoms with E-state index in [4.69, 9.17) is 0 Å². The number of aromatic nitrogens is 1. The molecule has 3 rings (SSSR count). The number of hydrogen-bond acceptors (Lipinski definition) is 4. The van der Waals surface area contributed by atoms with Crippen molar-refractivity contribution in [2.45, 2.75) is 52.2 Å². The van der Waals surface area contributed by atoms with Gasteiger partial charge in [0.05, 0.1) is 18.3 Å². The lowest BCUT2D eigenvalue weighted by Crippen LogP contribution is -2.58. The molecule has 0 aliphatic carbocycles. The van der Waals surface area contributed by atoms with Crippen LogP contribution in [0.2, 0.25) is 0 Å². The Morgan fingerprint density at radius 3 is 2.89 bits per heavy atom. The molecule has 5 heteroatoms. The quantitative estimate of drug-likeness (QED) is 0.830. The fraction of sp³-hybridized carbons (Fsp3) is 0.714. The van der Waals surface area contributed by atoms with Crippen molar-refractivity contribution in [3.05, 3.63) is 15.6 Å².